The molecule has 1 aliphatic rings. The summed E-state index contributed by atoms with van der Waals surface area (Å²) in [5.41, 5.74) is 1.39. The Morgan fingerprint density at radius 1 is 0.906 bits per heavy atom. The topological polar surface area (TPSA) is 92.4 Å². The standard InChI is InChI=1S/C23H23N5O3S/c29-32(30,20-11-4-9-18-10-5-12-24-22(18)20)28-14-6-13-27(15-16-28)17-21-25-23(31-26-21)19-7-2-1-3-8-19/h1-5,7-12H,6,13-17H2. The van der Waals surface area contributed by atoms with Crippen LogP contribution in [0.15, 0.2) is 76.3 Å². The van der Waals surface area contributed by atoms with Gasteiger partial charge in [0.2, 0.25) is 10.0 Å². The maximum atomic E-state index is 13.4. The minimum Gasteiger partial charge on any atom is -0.334 e. The van der Waals surface area contributed by atoms with Gasteiger partial charge in [-0.3, -0.25) is 9.88 Å². The molecular weight excluding hydrogens is 426 g/mol. The Kier molecular flexibility index (Phi) is 5.69. The molecule has 32 heavy (non-hydrogen) atoms. The molecular formula is C23H23N5O3S. The molecule has 9 heteroatoms. The number of benzene rings is 2. The number of fused-ring (bicyclic) bond motifs is 1. The van der Waals surface area contributed by atoms with Crippen molar-refractivity contribution in [1.82, 2.24) is 24.3 Å². The molecule has 3 heterocycles. The van der Waals surface area contributed by atoms with Crippen LogP contribution in [-0.4, -0.2) is 58.9 Å². The number of sulfonamides is 1. The average molecular weight is 450 g/mol. The molecule has 1 aliphatic heterocycles. The van der Waals surface area contributed by atoms with E-state index in [0.717, 1.165) is 23.9 Å². The quantitative estimate of drug-likeness (QED) is 0.462. The van der Waals surface area contributed by atoms with E-state index in [1.807, 2.05) is 48.5 Å². The van der Waals surface area contributed by atoms with Crippen LogP contribution in [0, 0.1) is 0 Å². The van der Waals surface area contributed by atoms with Crippen molar-refractivity contribution < 1.29 is 12.9 Å². The fraction of sp³-hybridized carbons (Fsp3) is 0.261. The normalized spacial score (nSPS) is 16.2. The van der Waals surface area contributed by atoms with Crippen molar-refractivity contribution in [1.29, 1.82) is 0 Å². The van der Waals surface area contributed by atoms with Gasteiger partial charge in [0.05, 0.1) is 12.1 Å². The van der Waals surface area contributed by atoms with Gasteiger partial charge in [0.1, 0.15) is 4.90 Å². The van der Waals surface area contributed by atoms with Crippen molar-refractivity contribution in [3.63, 3.8) is 0 Å². The summed E-state index contributed by atoms with van der Waals surface area (Å²) in [6, 6.07) is 18.6. The highest BCUT2D eigenvalue weighted by Gasteiger charge is 2.29. The molecule has 5 rings (SSSR count). The monoisotopic (exact) mass is 449 g/mol. The highest BCUT2D eigenvalue weighted by atomic mass is 32.2. The van der Waals surface area contributed by atoms with Crippen molar-refractivity contribution in [2.24, 2.45) is 0 Å². The molecule has 2 aromatic heterocycles. The molecule has 0 spiro atoms. The maximum Gasteiger partial charge on any atom is 0.257 e. The van der Waals surface area contributed by atoms with Crippen molar-refractivity contribution in [3.05, 3.63) is 72.7 Å². The van der Waals surface area contributed by atoms with Crippen molar-refractivity contribution >= 4 is 20.9 Å². The van der Waals surface area contributed by atoms with Crippen LogP contribution in [0.25, 0.3) is 22.4 Å². The summed E-state index contributed by atoms with van der Waals surface area (Å²) in [6.07, 6.45) is 2.35. The smallest absolute Gasteiger partial charge is 0.257 e. The fourth-order valence-electron chi connectivity index (χ4n) is 3.99. The van der Waals surface area contributed by atoms with Crippen LogP contribution < -0.4 is 0 Å². The third-order valence-electron chi connectivity index (χ3n) is 5.61. The van der Waals surface area contributed by atoms with Crippen molar-refractivity contribution in [3.8, 4) is 11.5 Å². The second-order valence-corrected chi connectivity index (χ2v) is 9.65. The summed E-state index contributed by atoms with van der Waals surface area (Å²) < 4.78 is 33.8. The Labute approximate surface area is 186 Å². The molecule has 0 atom stereocenters. The Hall–Kier alpha value is -3.14. The predicted molar refractivity (Wildman–Crippen MR) is 120 cm³/mol. The second-order valence-electron chi connectivity index (χ2n) is 7.75. The molecule has 0 amide bonds. The zero-order valence-electron chi connectivity index (χ0n) is 17.5. The van der Waals surface area contributed by atoms with Crippen molar-refractivity contribution in [2.45, 2.75) is 17.9 Å². The van der Waals surface area contributed by atoms with Gasteiger partial charge in [-0.1, -0.05) is 41.6 Å². The van der Waals surface area contributed by atoms with Gasteiger partial charge in [-0.2, -0.15) is 9.29 Å². The van der Waals surface area contributed by atoms with E-state index in [9.17, 15) is 8.42 Å². The molecule has 164 valence electrons. The maximum absolute atomic E-state index is 13.4. The number of aromatic nitrogens is 3. The Morgan fingerprint density at radius 3 is 2.62 bits per heavy atom. The lowest BCUT2D eigenvalue weighted by molar-refractivity contribution is 0.266. The number of nitrogens with zero attached hydrogens (tertiary/aromatic N) is 5. The van der Waals surface area contributed by atoms with E-state index < -0.39 is 10.0 Å². The van der Waals surface area contributed by atoms with Gasteiger partial charge in [0.15, 0.2) is 5.82 Å². The predicted octanol–water partition coefficient (Wildman–Crippen LogP) is 3.18. The fourth-order valence-corrected chi connectivity index (χ4v) is 5.62. The number of rotatable bonds is 5. The van der Waals surface area contributed by atoms with E-state index in [1.165, 1.54) is 0 Å². The average Bonchev–Trinajstić information content (AvgIpc) is 3.16. The van der Waals surface area contributed by atoms with Crippen LogP contribution in [0.4, 0.5) is 0 Å². The lowest BCUT2D eigenvalue weighted by atomic mass is 10.2. The summed E-state index contributed by atoms with van der Waals surface area (Å²) in [7, 11) is -3.65. The minimum absolute atomic E-state index is 0.259. The molecule has 0 N–H and O–H groups in total. The van der Waals surface area contributed by atoms with E-state index in [2.05, 4.69) is 20.0 Å². The minimum atomic E-state index is -3.65. The van der Waals surface area contributed by atoms with Crippen LogP contribution >= 0.6 is 0 Å². The summed E-state index contributed by atoms with van der Waals surface area (Å²) in [4.78, 5) is 11.2. The molecule has 8 nitrogen and oxygen atoms in total. The van der Waals surface area contributed by atoms with Gasteiger partial charge >= 0.3 is 0 Å². The molecule has 0 bridgehead atoms. The van der Waals surface area contributed by atoms with Crippen LogP contribution in [-0.2, 0) is 16.6 Å². The Bertz CT molecular complexity index is 1320. The first-order chi connectivity index (χ1) is 15.6. The van der Waals surface area contributed by atoms with E-state index in [0.29, 0.717) is 43.4 Å². The number of hydrogen-bond acceptors (Lipinski definition) is 7. The largest absolute Gasteiger partial charge is 0.334 e. The molecule has 1 fully saturated rings. The zero-order valence-corrected chi connectivity index (χ0v) is 18.3. The third kappa shape index (κ3) is 4.14. The Morgan fingerprint density at radius 2 is 1.75 bits per heavy atom. The SMILES string of the molecule is O=S(=O)(c1cccc2cccnc12)N1CCCN(Cc2noc(-c3ccccc3)n2)CC1. The summed E-state index contributed by atoms with van der Waals surface area (Å²) in [5.74, 6) is 1.08. The molecule has 0 aliphatic carbocycles. The van der Waals surface area contributed by atoms with Crippen molar-refractivity contribution in [2.75, 3.05) is 26.2 Å². The number of pyridine rings is 1. The summed E-state index contributed by atoms with van der Waals surface area (Å²) in [5, 5.41) is 4.91. The van der Waals surface area contributed by atoms with Gasteiger partial charge in [0.25, 0.3) is 5.89 Å². The second kappa shape index (κ2) is 8.78. The van der Waals surface area contributed by atoms with Gasteiger partial charge in [-0.05, 0) is 37.2 Å². The van der Waals surface area contributed by atoms with E-state index >= 15 is 0 Å². The molecule has 0 unspecified atom stereocenters. The highest BCUT2D eigenvalue weighted by molar-refractivity contribution is 7.89. The lowest BCUT2D eigenvalue weighted by Gasteiger charge is -2.21. The number of para-hydroxylation sites is 1. The highest BCUT2D eigenvalue weighted by Crippen LogP contribution is 2.25. The van der Waals surface area contributed by atoms with Crippen LogP contribution in [0.5, 0.6) is 0 Å². The van der Waals surface area contributed by atoms with Gasteiger partial charge in [0, 0.05) is 36.8 Å². The van der Waals surface area contributed by atoms with Crippen LogP contribution in [0.2, 0.25) is 0 Å². The van der Waals surface area contributed by atoms with E-state index in [4.69, 9.17) is 4.52 Å². The van der Waals surface area contributed by atoms with E-state index in [-0.39, 0.29) is 4.90 Å². The van der Waals surface area contributed by atoms with Gasteiger partial charge in [-0.15, -0.1) is 0 Å². The Balaban J connectivity index is 1.30. The first-order valence-electron chi connectivity index (χ1n) is 10.6. The molecule has 1 saturated heterocycles. The van der Waals surface area contributed by atoms with Crippen LogP contribution in [0.1, 0.15) is 12.2 Å². The van der Waals surface area contributed by atoms with Crippen LogP contribution in [0.3, 0.4) is 0 Å². The molecule has 0 radical (unpaired) electrons. The van der Waals surface area contributed by atoms with E-state index in [1.54, 1.807) is 22.6 Å². The summed E-state index contributed by atoms with van der Waals surface area (Å²) >= 11 is 0. The molecule has 4 aromatic rings. The van der Waals surface area contributed by atoms with Gasteiger partial charge in [-0.25, -0.2) is 8.42 Å². The molecule has 2 aromatic carbocycles. The van der Waals surface area contributed by atoms with Gasteiger partial charge < -0.3 is 4.52 Å². The first kappa shape index (κ1) is 20.7. The molecule has 0 saturated carbocycles. The first-order valence-corrected chi connectivity index (χ1v) is 12.0. The third-order valence-corrected chi connectivity index (χ3v) is 7.55. The number of hydrogen-bond donors (Lipinski definition) is 0. The lowest BCUT2D eigenvalue weighted by Crippen LogP contribution is -2.35. The zero-order chi connectivity index (χ0) is 22.0. The summed E-state index contributed by atoms with van der Waals surface area (Å²) in [6.45, 7) is 2.72.